The molecule has 4 heteroatoms. The number of rotatable bonds is 6. The second kappa shape index (κ2) is 5.99. The van der Waals surface area contributed by atoms with E-state index in [0.29, 0.717) is 6.61 Å². The zero-order valence-electron chi connectivity index (χ0n) is 10.9. The zero-order valence-corrected chi connectivity index (χ0v) is 10.9. The molecule has 0 unspecified atom stereocenters. The van der Waals surface area contributed by atoms with Gasteiger partial charge in [-0.15, -0.1) is 5.10 Å². The van der Waals surface area contributed by atoms with Crippen LogP contribution in [0.15, 0.2) is 6.20 Å². The number of aromatic nitrogens is 3. The van der Waals surface area contributed by atoms with Crippen LogP contribution in [0.1, 0.15) is 39.8 Å². The Morgan fingerprint density at radius 2 is 2.06 bits per heavy atom. The highest BCUT2D eigenvalue weighted by atomic mass is 16.5. The second-order valence-corrected chi connectivity index (χ2v) is 5.32. The van der Waals surface area contributed by atoms with Crippen LogP contribution in [0.25, 0.3) is 0 Å². The molecule has 0 saturated heterocycles. The van der Waals surface area contributed by atoms with E-state index in [4.69, 9.17) is 4.74 Å². The van der Waals surface area contributed by atoms with Gasteiger partial charge in [-0.05, 0) is 18.3 Å². The van der Waals surface area contributed by atoms with Gasteiger partial charge in [-0.3, -0.25) is 0 Å². The van der Waals surface area contributed by atoms with Crippen molar-refractivity contribution < 1.29 is 4.74 Å². The molecule has 1 aromatic rings. The Bertz CT molecular complexity index is 301. The fourth-order valence-corrected chi connectivity index (χ4v) is 1.48. The number of nitrogens with zero attached hydrogens (tertiary/aromatic N) is 3. The summed E-state index contributed by atoms with van der Waals surface area (Å²) in [5.41, 5.74) is 1.32. The summed E-state index contributed by atoms with van der Waals surface area (Å²) in [6.45, 7) is 11.0. The lowest BCUT2D eigenvalue weighted by Gasteiger charge is -2.15. The molecule has 0 aliphatic heterocycles. The van der Waals surface area contributed by atoms with E-state index in [2.05, 4.69) is 38.0 Å². The zero-order chi connectivity index (χ0) is 12.0. The first kappa shape index (κ1) is 13.2. The van der Waals surface area contributed by atoms with Gasteiger partial charge in [0.05, 0.1) is 18.8 Å². The molecule has 0 atom stereocenters. The van der Waals surface area contributed by atoms with Crippen molar-refractivity contribution in [1.82, 2.24) is 15.0 Å². The van der Waals surface area contributed by atoms with Crippen molar-refractivity contribution in [3.05, 3.63) is 11.9 Å². The Morgan fingerprint density at radius 1 is 1.31 bits per heavy atom. The second-order valence-electron chi connectivity index (χ2n) is 5.32. The summed E-state index contributed by atoms with van der Waals surface area (Å²) in [5, 5.41) is 8.24. The maximum absolute atomic E-state index is 5.41. The molecule has 92 valence electrons. The molecule has 0 N–H and O–H groups in total. The van der Waals surface area contributed by atoms with Crippen molar-refractivity contribution in [3.8, 4) is 0 Å². The van der Waals surface area contributed by atoms with E-state index in [0.717, 1.165) is 31.7 Å². The Kier molecular flexibility index (Phi) is 4.93. The monoisotopic (exact) mass is 225 g/mol. The van der Waals surface area contributed by atoms with Gasteiger partial charge in [-0.1, -0.05) is 32.9 Å². The van der Waals surface area contributed by atoms with Crippen molar-refractivity contribution in [1.29, 1.82) is 0 Å². The van der Waals surface area contributed by atoms with Crippen LogP contribution in [0.2, 0.25) is 0 Å². The Labute approximate surface area is 98.0 Å². The predicted octanol–water partition coefficient (Wildman–Crippen LogP) is 2.29. The third-order valence-electron chi connectivity index (χ3n) is 2.11. The minimum absolute atomic E-state index is 0.263. The molecule has 0 aromatic carbocycles. The first-order valence-electron chi connectivity index (χ1n) is 5.98. The van der Waals surface area contributed by atoms with Crippen molar-refractivity contribution in [2.45, 2.75) is 47.1 Å². The van der Waals surface area contributed by atoms with Crippen LogP contribution in [0, 0.1) is 5.41 Å². The molecule has 1 heterocycles. The average Bonchev–Trinajstić information content (AvgIpc) is 2.58. The Hall–Kier alpha value is -0.900. The molecule has 0 bridgehead atoms. The summed E-state index contributed by atoms with van der Waals surface area (Å²) in [6, 6.07) is 0. The number of hydrogen-bond acceptors (Lipinski definition) is 3. The topological polar surface area (TPSA) is 39.9 Å². The van der Waals surface area contributed by atoms with Crippen molar-refractivity contribution in [3.63, 3.8) is 0 Å². The summed E-state index contributed by atoms with van der Waals surface area (Å²) < 4.78 is 7.27. The lowest BCUT2D eigenvalue weighted by atomic mass is 9.91. The lowest BCUT2D eigenvalue weighted by molar-refractivity contribution is 0.124. The van der Waals surface area contributed by atoms with Crippen LogP contribution < -0.4 is 0 Å². The highest BCUT2D eigenvalue weighted by molar-refractivity contribution is 4.95. The van der Waals surface area contributed by atoms with Gasteiger partial charge in [-0.2, -0.15) is 0 Å². The molecule has 1 aromatic heterocycles. The standard InChI is InChI=1S/C12H23N3O/c1-5-7-16-8-6-15-10-11(13-14-15)9-12(2,3)4/h10H,5-9H2,1-4H3. The highest BCUT2D eigenvalue weighted by Gasteiger charge is 2.13. The Morgan fingerprint density at radius 3 is 2.69 bits per heavy atom. The minimum Gasteiger partial charge on any atom is -0.380 e. The van der Waals surface area contributed by atoms with E-state index >= 15 is 0 Å². The van der Waals surface area contributed by atoms with E-state index in [1.165, 1.54) is 0 Å². The van der Waals surface area contributed by atoms with Gasteiger partial charge in [-0.25, -0.2) is 4.68 Å². The first-order chi connectivity index (χ1) is 7.51. The predicted molar refractivity (Wildman–Crippen MR) is 64.3 cm³/mol. The SMILES string of the molecule is CCCOCCn1cc(CC(C)(C)C)nn1. The summed E-state index contributed by atoms with van der Waals surface area (Å²) >= 11 is 0. The van der Waals surface area contributed by atoms with Gasteiger partial charge in [0, 0.05) is 12.8 Å². The summed E-state index contributed by atoms with van der Waals surface area (Å²) in [7, 11) is 0. The Balaban J connectivity index is 2.34. The average molecular weight is 225 g/mol. The van der Waals surface area contributed by atoms with E-state index in [1.54, 1.807) is 0 Å². The maximum Gasteiger partial charge on any atom is 0.0832 e. The lowest BCUT2D eigenvalue weighted by Crippen LogP contribution is -2.09. The molecule has 0 radical (unpaired) electrons. The quantitative estimate of drug-likeness (QED) is 0.697. The normalized spacial score (nSPS) is 12.0. The van der Waals surface area contributed by atoms with Crippen LogP contribution in [0.3, 0.4) is 0 Å². The van der Waals surface area contributed by atoms with E-state index in [-0.39, 0.29) is 5.41 Å². The van der Waals surface area contributed by atoms with Crippen LogP contribution in [-0.2, 0) is 17.7 Å². The van der Waals surface area contributed by atoms with Crippen molar-refractivity contribution >= 4 is 0 Å². The van der Waals surface area contributed by atoms with E-state index in [1.807, 2.05) is 10.9 Å². The third kappa shape index (κ3) is 5.26. The van der Waals surface area contributed by atoms with Gasteiger partial charge >= 0.3 is 0 Å². The summed E-state index contributed by atoms with van der Waals surface area (Å²) in [6.07, 6.45) is 4.04. The molecule has 1 rings (SSSR count). The summed E-state index contributed by atoms with van der Waals surface area (Å²) in [4.78, 5) is 0. The van der Waals surface area contributed by atoms with E-state index < -0.39 is 0 Å². The highest BCUT2D eigenvalue weighted by Crippen LogP contribution is 2.18. The molecule has 0 saturated carbocycles. The largest absolute Gasteiger partial charge is 0.380 e. The van der Waals surface area contributed by atoms with Crippen LogP contribution in [0.5, 0.6) is 0 Å². The minimum atomic E-state index is 0.263. The molecule has 0 fully saturated rings. The number of hydrogen-bond donors (Lipinski definition) is 0. The molecule has 4 nitrogen and oxygen atoms in total. The molecular formula is C12H23N3O. The fraction of sp³-hybridized carbons (Fsp3) is 0.833. The van der Waals surface area contributed by atoms with Gasteiger partial charge < -0.3 is 4.74 Å². The third-order valence-corrected chi connectivity index (χ3v) is 2.11. The fourth-order valence-electron chi connectivity index (χ4n) is 1.48. The van der Waals surface area contributed by atoms with Crippen molar-refractivity contribution in [2.75, 3.05) is 13.2 Å². The maximum atomic E-state index is 5.41. The van der Waals surface area contributed by atoms with Gasteiger partial charge in [0.2, 0.25) is 0 Å². The molecule has 0 amide bonds. The molecule has 16 heavy (non-hydrogen) atoms. The summed E-state index contributed by atoms with van der Waals surface area (Å²) in [5.74, 6) is 0. The smallest absolute Gasteiger partial charge is 0.0832 e. The molecule has 0 spiro atoms. The first-order valence-corrected chi connectivity index (χ1v) is 5.98. The molecule has 0 aliphatic rings. The number of ether oxygens (including phenoxy) is 1. The molecular weight excluding hydrogens is 202 g/mol. The van der Waals surface area contributed by atoms with Gasteiger partial charge in [0.15, 0.2) is 0 Å². The van der Waals surface area contributed by atoms with Crippen LogP contribution in [0.4, 0.5) is 0 Å². The molecule has 0 aliphatic carbocycles. The van der Waals surface area contributed by atoms with Crippen molar-refractivity contribution in [2.24, 2.45) is 5.41 Å². The van der Waals surface area contributed by atoms with Gasteiger partial charge in [0.1, 0.15) is 0 Å². The van der Waals surface area contributed by atoms with E-state index in [9.17, 15) is 0 Å². The van der Waals surface area contributed by atoms with Crippen LogP contribution >= 0.6 is 0 Å². The van der Waals surface area contributed by atoms with Gasteiger partial charge in [0.25, 0.3) is 0 Å². The van der Waals surface area contributed by atoms with Crippen LogP contribution in [-0.4, -0.2) is 28.2 Å².